The molecule has 0 atom stereocenters. The Hall–Kier alpha value is -2.55. The average molecular weight is 404 g/mol. The molecule has 0 amide bonds. The Kier molecular flexibility index (Phi) is 5.01. The van der Waals surface area contributed by atoms with Crippen molar-refractivity contribution < 1.29 is 13.2 Å². The van der Waals surface area contributed by atoms with Gasteiger partial charge in [-0.2, -0.15) is 4.98 Å². The Labute approximate surface area is 165 Å². The van der Waals surface area contributed by atoms with Gasteiger partial charge in [-0.3, -0.25) is 4.72 Å². The zero-order chi connectivity index (χ0) is 19.7. The number of hydrogen-bond donors (Lipinski definition) is 1. The van der Waals surface area contributed by atoms with Gasteiger partial charge in [-0.1, -0.05) is 0 Å². The van der Waals surface area contributed by atoms with Gasteiger partial charge in [-0.25, -0.2) is 13.4 Å². The number of anilines is 3. The summed E-state index contributed by atoms with van der Waals surface area (Å²) in [6.45, 7) is 2.44. The zero-order valence-electron chi connectivity index (χ0n) is 16.2. The zero-order valence-corrected chi connectivity index (χ0v) is 17.0. The number of rotatable bonds is 5. The maximum absolute atomic E-state index is 12.9. The van der Waals surface area contributed by atoms with Gasteiger partial charge in [-0.15, -0.1) is 0 Å². The third kappa shape index (κ3) is 3.71. The molecule has 0 saturated carbocycles. The molecule has 0 radical (unpaired) electrons. The molecule has 9 heteroatoms. The number of aromatic nitrogens is 2. The highest BCUT2D eigenvalue weighted by molar-refractivity contribution is 7.92. The molecule has 2 aliphatic heterocycles. The number of ether oxygens (including phenoxy) is 1. The second-order valence-corrected chi connectivity index (χ2v) is 9.01. The summed E-state index contributed by atoms with van der Waals surface area (Å²) in [6, 6.07) is 4.94. The maximum atomic E-state index is 12.9. The van der Waals surface area contributed by atoms with E-state index in [9.17, 15) is 8.42 Å². The van der Waals surface area contributed by atoms with Crippen molar-refractivity contribution >= 4 is 27.5 Å². The predicted octanol–water partition coefficient (Wildman–Crippen LogP) is 2.27. The van der Waals surface area contributed by atoms with E-state index in [1.165, 1.54) is 6.42 Å². The lowest BCUT2D eigenvalue weighted by molar-refractivity contribution is 0.356. The number of sulfonamides is 1. The molecular weight excluding hydrogens is 378 g/mol. The molecule has 0 unspecified atom stereocenters. The second kappa shape index (κ2) is 7.46. The van der Waals surface area contributed by atoms with Gasteiger partial charge in [-0.05, 0) is 43.0 Å². The van der Waals surface area contributed by atoms with Crippen LogP contribution in [0.3, 0.4) is 0 Å². The molecule has 1 N–H and O–H groups in total. The molecule has 0 aliphatic carbocycles. The van der Waals surface area contributed by atoms with E-state index < -0.39 is 10.0 Å². The van der Waals surface area contributed by atoms with Crippen molar-refractivity contribution in [2.75, 3.05) is 48.3 Å². The molecule has 4 rings (SSSR count). The summed E-state index contributed by atoms with van der Waals surface area (Å²) in [6.07, 6.45) is 5.74. The molecule has 0 bridgehead atoms. The van der Waals surface area contributed by atoms with Gasteiger partial charge in [0.25, 0.3) is 10.0 Å². The van der Waals surface area contributed by atoms with E-state index in [0.29, 0.717) is 24.1 Å². The van der Waals surface area contributed by atoms with Crippen LogP contribution in [0, 0.1) is 0 Å². The van der Waals surface area contributed by atoms with Crippen LogP contribution in [0.2, 0.25) is 0 Å². The lowest BCUT2D eigenvalue weighted by Gasteiger charge is -2.28. The van der Waals surface area contributed by atoms with Crippen molar-refractivity contribution in [2.45, 2.75) is 30.6 Å². The third-order valence-electron chi connectivity index (χ3n) is 5.03. The summed E-state index contributed by atoms with van der Waals surface area (Å²) < 4.78 is 34.0. The minimum Gasteiger partial charge on any atom is -0.493 e. The van der Waals surface area contributed by atoms with Crippen LogP contribution in [0.25, 0.3) is 0 Å². The molecule has 1 saturated heterocycles. The lowest BCUT2D eigenvalue weighted by atomic mass is 10.1. The standard InChI is InChI=1S/C19H25N5O3S/c1-23(2)18-16(13-20-19(21-18)24-9-4-3-5-10-24)22-28(25,26)15-6-7-17-14(12-15)8-11-27-17/h6-7,12-13,22H,3-5,8-11H2,1-2H3. The smallest absolute Gasteiger partial charge is 0.262 e. The first kappa shape index (κ1) is 18.8. The Morgan fingerprint density at radius 1 is 1.18 bits per heavy atom. The first-order chi connectivity index (χ1) is 13.4. The van der Waals surface area contributed by atoms with Gasteiger partial charge in [0, 0.05) is 33.6 Å². The molecule has 8 nitrogen and oxygen atoms in total. The summed E-state index contributed by atoms with van der Waals surface area (Å²) in [7, 11) is -0.0742. The van der Waals surface area contributed by atoms with Crippen LogP contribution < -0.4 is 19.3 Å². The normalized spacial score (nSPS) is 16.4. The van der Waals surface area contributed by atoms with Crippen LogP contribution in [-0.4, -0.2) is 52.2 Å². The molecular formula is C19H25N5O3S. The van der Waals surface area contributed by atoms with Crippen LogP contribution in [-0.2, 0) is 16.4 Å². The number of nitrogens with one attached hydrogen (secondary N) is 1. The maximum Gasteiger partial charge on any atom is 0.262 e. The quantitative estimate of drug-likeness (QED) is 0.819. The molecule has 0 spiro atoms. The van der Waals surface area contributed by atoms with Crippen molar-refractivity contribution in [3.05, 3.63) is 30.0 Å². The summed E-state index contributed by atoms with van der Waals surface area (Å²) in [5, 5.41) is 0. The van der Waals surface area contributed by atoms with Crippen molar-refractivity contribution in [3.8, 4) is 5.75 Å². The highest BCUT2D eigenvalue weighted by Crippen LogP contribution is 2.30. The number of fused-ring (bicyclic) bond motifs is 1. The molecule has 1 aromatic heterocycles. The first-order valence-electron chi connectivity index (χ1n) is 9.52. The molecule has 3 heterocycles. The van der Waals surface area contributed by atoms with Crippen LogP contribution >= 0.6 is 0 Å². The van der Waals surface area contributed by atoms with Gasteiger partial charge in [0.05, 0.1) is 17.7 Å². The summed E-state index contributed by atoms with van der Waals surface area (Å²) >= 11 is 0. The minimum absolute atomic E-state index is 0.210. The third-order valence-corrected chi connectivity index (χ3v) is 6.40. The van der Waals surface area contributed by atoms with Crippen molar-refractivity contribution in [1.82, 2.24) is 9.97 Å². The molecule has 150 valence electrons. The van der Waals surface area contributed by atoms with E-state index in [-0.39, 0.29) is 4.90 Å². The molecule has 2 aliphatic rings. The van der Waals surface area contributed by atoms with Gasteiger partial charge in [0.2, 0.25) is 5.95 Å². The number of nitrogens with zero attached hydrogens (tertiary/aromatic N) is 4. The van der Waals surface area contributed by atoms with E-state index in [0.717, 1.165) is 43.7 Å². The van der Waals surface area contributed by atoms with Crippen LogP contribution in [0.4, 0.5) is 17.5 Å². The number of piperidine rings is 1. The Bertz CT molecular complexity index is 972. The van der Waals surface area contributed by atoms with Gasteiger partial charge in [0.1, 0.15) is 11.4 Å². The Morgan fingerprint density at radius 3 is 2.71 bits per heavy atom. The summed E-state index contributed by atoms with van der Waals surface area (Å²) in [5.74, 6) is 1.94. The van der Waals surface area contributed by atoms with E-state index in [1.807, 2.05) is 14.1 Å². The fourth-order valence-corrected chi connectivity index (χ4v) is 4.65. The lowest BCUT2D eigenvalue weighted by Crippen LogP contribution is -2.31. The SMILES string of the molecule is CN(C)c1nc(N2CCCCC2)ncc1NS(=O)(=O)c1ccc2c(c1)CCO2. The fourth-order valence-electron chi connectivity index (χ4n) is 3.56. The Balaban J connectivity index is 1.62. The van der Waals surface area contributed by atoms with Gasteiger partial charge < -0.3 is 14.5 Å². The van der Waals surface area contributed by atoms with Crippen LogP contribution in [0.1, 0.15) is 24.8 Å². The Morgan fingerprint density at radius 2 is 1.96 bits per heavy atom. The van der Waals surface area contributed by atoms with E-state index >= 15 is 0 Å². The predicted molar refractivity (Wildman–Crippen MR) is 109 cm³/mol. The summed E-state index contributed by atoms with van der Waals surface area (Å²) in [4.78, 5) is 13.2. The van der Waals surface area contributed by atoms with Crippen LogP contribution in [0.15, 0.2) is 29.3 Å². The van der Waals surface area contributed by atoms with Crippen LogP contribution in [0.5, 0.6) is 5.75 Å². The highest BCUT2D eigenvalue weighted by atomic mass is 32.2. The molecule has 2 aromatic rings. The van der Waals surface area contributed by atoms with Crippen molar-refractivity contribution in [2.24, 2.45) is 0 Å². The molecule has 1 aromatic carbocycles. The number of benzene rings is 1. The highest BCUT2D eigenvalue weighted by Gasteiger charge is 2.23. The van der Waals surface area contributed by atoms with Gasteiger partial charge >= 0.3 is 0 Å². The monoisotopic (exact) mass is 403 g/mol. The fraction of sp³-hybridized carbons (Fsp3) is 0.474. The number of hydrogen-bond acceptors (Lipinski definition) is 7. The summed E-state index contributed by atoms with van der Waals surface area (Å²) in [5.41, 5.74) is 1.27. The van der Waals surface area contributed by atoms with E-state index in [1.54, 1.807) is 29.3 Å². The van der Waals surface area contributed by atoms with E-state index in [2.05, 4.69) is 19.6 Å². The molecule has 1 fully saturated rings. The topological polar surface area (TPSA) is 87.7 Å². The minimum atomic E-state index is -3.75. The van der Waals surface area contributed by atoms with Crippen molar-refractivity contribution in [3.63, 3.8) is 0 Å². The van der Waals surface area contributed by atoms with Gasteiger partial charge in [0.15, 0.2) is 5.82 Å². The largest absolute Gasteiger partial charge is 0.493 e. The molecule has 28 heavy (non-hydrogen) atoms. The second-order valence-electron chi connectivity index (χ2n) is 7.32. The average Bonchev–Trinajstić information content (AvgIpc) is 3.16. The van der Waals surface area contributed by atoms with E-state index in [4.69, 9.17) is 4.74 Å². The first-order valence-corrected chi connectivity index (χ1v) is 11.0. The van der Waals surface area contributed by atoms with Crippen molar-refractivity contribution in [1.29, 1.82) is 0 Å².